The van der Waals surface area contributed by atoms with Gasteiger partial charge in [0, 0.05) is 36.0 Å². The Morgan fingerprint density at radius 3 is 2.33 bits per heavy atom. The Labute approximate surface area is 196 Å². The van der Waals surface area contributed by atoms with E-state index in [9.17, 15) is 9.90 Å². The number of rotatable bonds is 11. The maximum Gasteiger partial charge on any atom is 0.220 e. The number of fused-ring (bicyclic) bond motifs is 2. The predicted molar refractivity (Wildman–Crippen MR) is 137 cm³/mol. The Morgan fingerprint density at radius 2 is 1.58 bits per heavy atom. The van der Waals surface area contributed by atoms with Gasteiger partial charge in [-0.3, -0.25) is 4.79 Å². The molecule has 0 saturated carbocycles. The zero-order chi connectivity index (χ0) is 23.0. The number of phenolic OH excluding ortho intramolecular Hbond substituents is 1. The predicted octanol–water partition coefficient (Wildman–Crippen LogP) is 6.44. The lowest BCUT2D eigenvalue weighted by molar-refractivity contribution is -0.121. The Balaban J connectivity index is 1.22. The molecular formula is C29H34N2O2. The summed E-state index contributed by atoms with van der Waals surface area (Å²) in [7, 11) is 0. The summed E-state index contributed by atoms with van der Waals surface area (Å²) in [6, 6.07) is 20.8. The highest BCUT2D eigenvalue weighted by atomic mass is 16.3. The highest BCUT2D eigenvalue weighted by molar-refractivity contribution is 5.84. The van der Waals surface area contributed by atoms with Gasteiger partial charge < -0.3 is 15.4 Å². The average molecular weight is 443 g/mol. The van der Waals surface area contributed by atoms with Crippen LogP contribution in [0.3, 0.4) is 0 Å². The SMILES string of the molecule is CCCCCc1ccc2ccc(CCCC(=O)NCCc3cc4cc(O)ccc4[nH]3)cc2c1. The van der Waals surface area contributed by atoms with Gasteiger partial charge in [-0.15, -0.1) is 0 Å². The van der Waals surface area contributed by atoms with Crippen molar-refractivity contribution in [1.82, 2.24) is 10.3 Å². The summed E-state index contributed by atoms with van der Waals surface area (Å²) in [5.74, 6) is 0.364. The van der Waals surface area contributed by atoms with Gasteiger partial charge in [0.15, 0.2) is 0 Å². The van der Waals surface area contributed by atoms with E-state index < -0.39 is 0 Å². The van der Waals surface area contributed by atoms with Gasteiger partial charge >= 0.3 is 0 Å². The van der Waals surface area contributed by atoms with E-state index in [1.54, 1.807) is 12.1 Å². The Hall–Kier alpha value is -3.27. The summed E-state index contributed by atoms with van der Waals surface area (Å²) >= 11 is 0. The van der Waals surface area contributed by atoms with E-state index in [1.807, 2.05) is 12.1 Å². The van der Waals surface area contributed by atoms with E-state index in [1.165, 1.54) is 41.2 Å². The van der Waals surface area contributed by atoms with Gasteiger partial charge in [0.2, 0.25) is 5.91 Å². The number of aromatic hydroxyl groups is 1. The second kappa shape index (κ2) is 11.0. The van der Waals surface area contributed by atoms with Gasteiger partial charge in [0.05, 0.1) is 0 Å². The first kappa shape index (κ1) is 22.9. The molecule has 1 heterocycles. The number of amides is 1. The largest absolute Gasteiger partial charge is 0.508 e. The van der Waals surface area contributed by atoms with Crippen molar-refractivity contribution in [2.45, 2.75) is 58.3 Å². The van der Waals surface area contributed by atoms with Crippen molar-refractivity contribution in [2.75, 3.05) is 6.54 Å². The van der Waals surface area contributed by atoms with Crippen LogP contribution in [0.15, 0.2) is 60.7 Å². The maximum absolute atomic E-state index is 12.3. The van der Waals surface area contributed by atoms with Crippen molar-refractivity contribution < 1.29 is 9.90 Å². The number of hydrogen-bond acceptors (Lipinski definition) is 2. The number of aryl methyl sites for hydroxylation is 2. The third-order valence-electron chi connectivity index (χ3n) is 6.28. The number of aromatic nitrogens is 1. The van der Waals surface area contributed by atoms with E-state index in [4.69, 9.17) is 0 Å². The fraction of sp³-hybridized carbons (Fsp3) is 0.345. The fourth-order valence-electron chi connectivity index (χ4n) is 4.43. The van der Waals surface area contributed by atoms with E-state index in [-0.39, 0.29) is 11.7 Å². The quantitative estimate of drug-likeness (QED) is 0.234. The molecule has 3 aromatic carbocycles. The summed E-state index contributed by atoms with van der Waals surface area (Å²) in [6.45, 7) is 2.85. The molecule has 0 unspecified atom stereocenters. The number of phenols is 1. The van der Waals surface area contributed by atoms with Crippen LogP contribution in [0.5, 0.6) is 5.75 Å². The van der Waals surface area contributed by atoms with Crippen LogP contribution in [-0.4, -0.2) is 22.5 Å². The standard InChI is InChI=1S/C29H34N2O2/c1-2-3-4-6-21-9-11-23-12-10-22(18-24(23)17-21)7-5-8-29(33)30-16-15-26-19-25-20-27(32)13-14-28(25)31-26/h9-14,17-20,31-32H,2-8,15-16H2,1H3,(H,30,33). The third-order valence-corrected chi connectivity index (χ3v) is 6.28. The lowest BCUT2D eigenvalue weighted by atomic mass is 9.99. The van der Waals surface area contributed by atoms with Crippen LogP contribution >= 0.6 is 0 Å². The molecule has 0 aliphatic rings. The number of nitrogens with one attached hydrogen (secondary N) is 2. The normalized spacial score (nSPS) is 11.3. The smallest absolute Gasteiger partial charge is 0.220 e. The molecule has 172 valence electrons. The van der Waals surface area contributed by atoms with Gasteiger partial charge in [-0.1, -0.05) is 56.2 Å². The minimum absolute atomic E-state index is 0.0998. The van der Waals surface area contributed by atoms with Crippen LogP contribution in [0.2, 0.25) is 0 Å². The molecule has 3 N–H and O–H groups in total. The second-order valence-electron chi connectivity index (χ2n) is 8.99. The van der Waals surface area contributed by atoms with Crippen LogP contribution in [-0.2, 0) is 24.1 Å². The molecule has 0 aliphatic carbocycles. The van der Waals surface area contributed by atoms with Gasteiger partial charge in [-0.05, 0) is 71.8 Å². The van der Waals surface area contributed by atoms with E-state index in [0.717, 1.165) is 42.3 Å². The van der Waals surface area contributed by atoms with Crippen molar-refractivity contribution in [1.29, 1.82) is 0 Å². The Bertz CT molecular complexity index is 1220. The van der Waals surface area contributed by atoms with Gasteiger partial charge in [0.1, 0.15) is 5.75 Å². The highest BCUT2D eigenvalue weighted by Gasteiger charge is 2.05. The Kier molecular flexibility index (Phi) is 7.66. The van der Waals surface area contributed by atoms with Crippen molar-refractivity contribution in [3.63, 3.8) is 0 Å². The summed E-state index contributed by atoms with van der Waals surface area (Å²) < 4.78 is 0. The first-order valence-corrected chi connectivity index (χ1v) is 12.2. The Morgan fingerprint density at radius 1 is 0.818 bits per heavy atom. The molecule has 0 atom stereocenters. The molecule has 0 spiro atoms. The topological polar surface area (TPSA) is 65.1 Å². The summed E-state index contributed by atoms with van der Waals surface area (Å²) in [6.07, 6.45) is 7.97. The summed E-state index contributed by atoms with van der Waals surface area (Å²) in [5, 5.41) is 16.2. The van der Waals surface area contributed by atoms with Crippen LogP contribution < -0.4 is 5.32 Å². The first-order chi connectivity index (χ1) is 16.1. The van der Waals surface area contributed by atoms with Gasteiger partial charge in [0.25, 0.3) is 0 Å². The van der Waals surface area contributed by atoms with Gasteiger partial charge in [-0.25, -0.2) is 0 Å². The van der Waals surface area contributed by atoms with E-state index >= 15 is 0 Å². The number of benzene rings is 3. The third kappa shape index (κ3) is 6.38. The van der Waals surface area contributed by atoms with Crippen molar-refractivity contribution in [3.8, 4) is 5.75 Å². The molecule has 0 aliphatic heterocycles. The number of carbonyl (C=O) groups is 1. The van der Waals surface area contributed by atoms with E-state index in [2.05, 4.69) is 53.6 Å². The fourth-order valence-corrected chi connectivity index (χ4v) is 4.43. The molecule has 0 bridgehead atoms. The van der Waals surface area contributed by atoms with Crippen molar-refractivity contribution >= 4 is 27.6 Å². The molecule has 0 saturated heterocycles. The number of hydrogen-bond donors (Lipinski definition) is 3. The molecule has 4 rings (SSSR count). The molecule has 4 heteroatoms. The lowest BCUT2D eigenvalue weighted by Crippen LogP contribution is -2.25. The molecule has 4 nitrogen and oxygen atoms in total. The number of unbranched alkanes of at least 4 members (excludes halogenated alkanes) is 2. The van der Waals surface area contributed by atoms with Crippen molar-refractivity contribution in [3.05, 3.63) is 77.5 Å². The molecular weight excluding hydrogens is 408 g/mol. The summed E-state index contributed by atoms with van der Waals surface area (Å²) in [5.41, 5.74) is 4.76. The molecule has 0 fully saturated rings. The number of aromatic amines is 1. The highest BCUT2D eigenvalue weighted by Crippen LogP contribution is 2.22. The molecule has 1 amide bonds. The van der Waals surface area contributed by atoms with Crippen molar-refractivity contribution in [2.24, 2.45) is 0 Å². The summed E-state index contributed by atoms with van der Waals surface area (Å²) in [4.78, 5) is 15.6. The maximum atomic E-state index is 12.3. The molecule has 4 aromatic rings. The molecule has 0 radical (unpaired) electrons. The minimum Gasteiger partial charge on any atom is -0.508 e. The zero-order valence-corrected chi connectivity index (χ0v) is 19.5. The van der Waals surface area contributed by atoms with Gasteiger partial charge in [-0.2, -0.15) is 0 Å². The van der Waals surface area contributed by atoms with Crippen LogP contribution in [0.4, 0.5) is 0 Å². The zero-order valence-electron chi connectivity index (χ0n) is 19.5. The molecule has 1 aromatic heterocycles. The lowest BCUT2D eigenvalue weighted by Gasteiger charge is -2.07. The van der Waals surface area contributed by atoms with Crippen LogP contribution in [0.1, 0.15) is 55.8 Å². The van der Waals surface area contributed by atoms with E-state index in [0.29, 0.717) is 13.0 Å². The van der Waals surface area contributed by atoms with Crippen LogP contribution in [0, 0.1) is 0 Å². The first-order valence-electron chi connectivity index (χ1n) is 12.2. The van der Waals surface area contributed by atoms with Crippen LogP contribution in [0.25, 0.3) is 21.7 Å². The number of carbonyl (C=O) groups excluding carboxylic acids is 1. The minimum atomic E-state index is 0.0998. The molecule has 33 heavy (non-hydrogen) atoms. The monoisotopic (exact) mass is 442 g/mol. The second-order valence-corrected chi connectivity index (χ2v) is 8.99. The number of H-pyrrole nitrogens is 1. The average Bonchev–Trinajstić information content (AvgIpc) is 3.21.